The van der Waals surface area contributed by atoms with E-state index in [4.69, 9.17) is 15.7 Å². The number of methoxy groups -OCH3 is 1. The molecule has 0 aliphatic carbocycles. The molecule has 2 N–H and O–H groups in total. The van der Waals surface area contributed by atoms with Crippen LogP contribution in [0.1, 0.15) is 16.1 Å². The third-order valence-corrected chi connectivity index (χ3v) is 5.52. The molecule has 1 aromatic heterocycles. The van der Waals surface area contributed by atoms with Gasteiger partial charge in [-0.25, -0.2) is 4.98 Å². The first-order valence-electron chi connectivity index (χ1n) is 10.0. The number of primary amides is 1. The molecule has 2 heterocycles. The molecule has 1 aliphatic rings. The fourth-order valence-electron chi connectivity index (χ4n) is 3.79. The zero-order chi connectivity index (χ0) is 21.8. The summed E-state index contributed by atoms with van der Waals surface area (Å²) in [7, 11) is 1.58. The minimum atomic E-state index is -0.569. The molecule has 156 valence electrons. The number of carbonyl (C=O) groups excluding carboxylic acids is 1. The maximum absolute atomic E-state index is 11.5. The Balaban J connectivity index is 1.46. The van der Waals surface area contributed by atoms with Crippen LogP contribution in [-0.4, -0.2) is 44.2 Å². The summed E-state index contributed by atoms with van der Waals surface area (Å²) in [4.78, 5) is 20.2. The SMILES string of the molecule is COc1cnc(C(N)=O)cc1-c1ccc(N2CCN(c3ccc(C#N)cc3)CC2)cc1. The van der Waals surface area contributed by atoms with Crippen molar-refractivity contribution in [2.45, 2.75) is 0 Å². The average molecular weight is 413 g/mol. The summed E-state index contributed by atoms with van der Waals surface area (Å²) in [6.45, 7) is 3.63. The Morgan fingerprint density at radius 2 is 1.55 bits per heavy atom. The van der Waals surface area contributed by atoms with Gasteiger partial charge in [-0.05, 0) is 48.0 Å². The molecule has 1 saturated heterocycles. The number of anilines is 2. The van der Waals surface area contributed by atoms with Crippen molar-refractivity contribution < 1.29 is 9.53 Å². The Morgan fingerprint density at radius 1 is 1.00 bits per heavy atom. The Kier molecular flexibility index (Phi) is 5.72. The molecular formula is C24H23N5O2. The van der Waals surface area contributed by atoms with Crippen molar-refractivity contribution in [1.29, 1.82) is 5.26 Å². The van der Waals surface area contributed by atoms with E-state index in [9.17, 15) is 4.79 Å². The van der Waals surface area contributed by atoms with E-state index in [1.165, 1.54) is 6.20 Å². The van der Waals surface area contributed by atoms with Crippen LogP contribution in [0, 0.1) is 11.3 Å². The second-order valence-electron chi connectivity index (χ2n) is 7.31. The topological polar surface area (TPSA) is 95.5 Å². The quantitative estimate of drug-likeness (QED) is 0.691. The number of carbonyl (C=O) groups is 1. The van der Waals surface area contributed by atoms with Crippen LogP contribution in [0.2, 0.25) is 0 Å². The van der Waals surface area contributed by atoms with Gasteiger partial charge in [-0.15, -0.1) is 0 Å². The summed E-state index contributed by atoms with van der Waals surface area (Å²) in [5.41, 5.74) is 10.3. The van der Waals surface area contributed by atoms with Crippen molar-refractivity contribution in [3.63, 3.8) is 0 Å². The number of amides is 1. The predicted molar refractivity (Wildman–Crippen MR) is 120 cm³/mol. The molecule has 31 heavy (non-hydrogen) atoms. The number of benzene rings is 2. The van der Waals surface area contributed by atoms with Gasteiger partial charge in [0.2, 0.25) is 0 Å². The van der Waals surface area contributed by atoms with Gasteiger partial charge >= 0.3 is 0 Å². The minimum absolute atomic E-state index is 0.207. The van der Waals surface area contributed by atoms with E-state index in [-0.39, 0.29) is 5.69 Å². The number of nitriles is 1. The molecule has 1 aliphatic heterocycles. The van der Waals surface area contributed by atoms with E-state index in [2.05, 4.69) is 33.0 Å². The third-order valence-electron chi connectivity index (χ3n) is 5.52. The van der Waals surface area contributed by atoms with Crippen molar-refractivity contribution in [3.05, 3.63) is 72.1 Å². The van der Waals surface area contributed by atoms with Gasteiger partial charge in [-0.2, -0.15) is 5.26 Å². The molecule has 0 radical (unpaired) electrons. The number of nitrogens with two attached hydrogens (primary N) is 1. The lowest BCUT2D eigenvalue weighted by Crippen LogP contribution is -2.46. The summed E-state index contributed by atoms with van der Waals surface area (Å²) in [5.74, 6) is 0.0226. The highest BCUT2D eigenvalue weighted by molar-refractivity contribution is 5.92. The van der Waals surface area contributed by atoms with E-state index in [1.807, 2.05) is 36.4 Å². The van der Waals surface area contributed by atoms with E-state index < -0.39 is 5.91 Å². The largest absolute Gasteiger partial charge is 0.494 e. The van der Waals surface area contributed by atoms with Gasteiger partial charge in [0, 0.05) is 43.1 Å². The molecule has 4 rings (SSSR count). The molecule has 0 atom stereocenters. The van der Waals surface area contributed by atoms with Gasteiger partial charge in [0.25, 0.3) is 5.91 Å². The number of hydrogen-bond acceptors (Lipinski definition) is 6. The molecule has 7 nitrogen and oxygen atoms in total. The zero-order valence-corrected chi connectivity index (χ0v) is 17.3. The lowest BCUT2D eigenvalue weighted by molar-refractivity contribution is 0.0995. The van der Waals surface area contributed by atoms with Crippen LogP contribution in [-0.2, 0) is 0 Å². The summed E-state index contributed by atoms with van der Waals surface area (Å²) < 4.78 is 5.40. The first-order valence-corrected chi connectivity index (χ1v) is 10.0. The third kappa shape index (κ3) is 4.28. The standard InChI is InChI=1S/C24H23N5O2/c1-31-23-16-27-22(24(26)30)14-21(23)18-4-8-20(9-5-18)29-12-10-28(11-13-29)19-6-2-17(15-25)3-7-19/h2-9,14,16H,10-13H2,1H3,(H2,26,30). The second-order valence-corrected chi connectivity index (χ2v) is 7.31. The van der Waals surface area contributed by atoms with Gasteiger partial charge in [0.05, 0.1) is 24.9 Å². The van der Waals surface area contributed by atoms with Crippen molar-refractivity contribution in [3.8, 4) is 22.9 Å². The molecule has 3 aromatic rings. The van der Waals surface area contributed by atoms with Crippen molar-refractivity contribution in [2.24, 2.45) is 5.73 Å². The number of rotatable bonds is 5. The monoisotopic (exact) mass is 413 g/mol. The first-order chi connectivity index (χ1) is 15.1. The zero-order valence-electron chi connectivity index (χ0n) is 17.3. The van der Waals surface area contributed by atoms with Gasteiger partial charge < -0.3 is 20.3 Å². The number of pyridine rings is 1. The summed E-state index contributed by atoms with van der Waals surface area (Å²) in [6.07, 6.45) is 1.52. The molecule has 2 aromatic carbocycles. The van der Waals surface area contributed by atoms with E-state index >= 15 is 0 Å². The fraction of sp³-hybridized carbons (Fsp3) is 0.208. The first kappa shape index (κ1) is 20.2. The highest BCUT2D eigenvalue weighted by Gasteiger charge is 2.18. The van der Waals surface area contributed by atoms with E-state index in [0.29, 0.717) is 11.3 Å². The number of ether oxygens (including phenoxy) is 1. The summed E-state index contributed by atoms with van der Waals surface area (Å²) in [6, 6.07) is 19.7. The highest BCUT2D eigenvalue weighted by atomic mass is 16.5. The molecule has 7 heteroatoms. The number of piperazine rings is 1. The Labute approximate surface area is 181 Å². The van der Waals surface area contributed by atoms with Crippen LogP contribution < -0.4 is 20.3 Å². The van der Waals surface area contributed by atoms with Crippen LogP contribution in [0.5, 0.6) is 5.75 Å². The van der Waals surface area contributed by atoms with Gasteiger partial charge in [0.1, 0.15) is 11.4 Å². The Morgan fingerprint density at radius 3 is 2.03 bits per heavy atom. The summed E-state index contributed by atoms with van der Waals surface area (Å²) >= 11 is 0. The van der Waals surface area contributed by atoms with Crippen LogP contribution in [0.25, 0.3) is 11.1 Å². The van der Waals surface area contributed by atoms with E-state index in [0.717, 1.165) is 48.7 Å². The molecule has 0 bridgehead atoms. The van der Waals surface area contributed by atoms with Crippen LogP contribution in [0.3, 0.4) is 0 Å². The van der Waals surface area contributed by atoms with Crippen molar-refractivity contribution in [2.75, 3.05) is 43.1 Å². The number of aromatic nitrogens is 1. The highest BCUT2D eigenvalue weighted by Crippen LogP contribution is 2.31. The lowest BCUT2D eigenvalue weighted by Gasteiger charge is -2.37. The molecule has 1 fully saturated rings. The van der Waals surface area contributed by atoms with E-state index in [1.54, 1.807) is 13.2 Å². The molecule has 0 unspecified atom stereocenters. The van der Waals surface area contributed by atoms with Gasteiger partial charge in [-0.1, -0.05) is 12.1 Å². The molecule has 0 saturated carbocycles. The number of hydrogen-bond donors (Lipinski definition) is 1. The van der Waals surface area contributed by atoms with Gasteiger partial charge in [0.15, 0.2) is 0 Å². The molecule has 1 amide bonds. The molecule has 0 spiro atoms. The van der Waals surface area contributed by atoms with Crippen LogP contribution in [0.4, 0.5) is 11.4 Å². The number of nitrogens with zero attached hydrogens (tertiary/aromatic N) is 4. The van der Waals surface area contributed by atoms with Crippen LogP contribution in [0.15, 0.2) is 60.8 Å². The maximum atomic E-state index is 11.5. The lowest BCUT2D eigenvalue weighted by atomic mass is 10.0. The minimum Gasteiger partial charge on any atom is -0.494 e. The maximum Gasteiger partial charge on any atom is 0.267 e. The predicted octanol–water partition coefficient (Wildman–Crippen LogP) is 3.05. The van der Waals surface area contributed by atoms with Crippen molar-refractivity contribution in [1.82, 2.24) is 4.98 Å². The second kappa shape index (κ2) is 8.76. The summed E-state index contributed by atoms with van der Waals surface area (Å²) in [5, 5.41) is 8.96. The average Bonchev–Trinajstić information content (AvgIpc) is 2.84. The smallest absolute Gasteiger partial charge is 0.267 e. The fourth-order valence-corrected chi connectivity index (χ4v) is 3.79. The molecular weight excluding hydrogens is 390 g/mol. The van der Waals surface area contributed by atoms with Crippen molar-refractivity contribution >= 4 is 17.3 Å². The van der Waals surface area contributed by atoms with Crippen LogP contribution >= 0.6 is 0 Å². The van der Waals surface area contributed by atoms with Gasteiger partial charge in [-0.3, -0.25) is 4.79 Å². The Bertz CT molecular complexity index is 1110. The normalized spacial score (nSPS) is 13.5. The Hall–Kier alpha value is -4.05.